The van der Waals surface area contributed by atoms with Gasteiger partial charge in [0.1, 0.15) is 0 Å². The van der Waals surface area contributed by atoms with Crippen LogP contribution < -0.4 is 0 Å². The molecule has 5 heteroatoms. The highest BCUT2D eigenvalue weighted by Gasteiger charge is 2.16. The molecule has 0 aliphatic carbocycles. The van der Waals surface area contributed by atoms with Gasteiger partial charge in [0.05, 0.1) is 21.6 Å². The topological polar surface area (TPSA) is 39.1 Å². The van der Waals surface area contributed by atoms with Crippen LogP contribution in [0.1, 0.15) is 32.6 Å². The molecule has 5 rings (SSSR count). The van der Waals surface area contributed by atoms with Crippen LogP contribution in [0.4, 0.5) is 0 Å². The fourth-order valence-corrected chi connectivity index (χ4v) is 6.81. The molecule has 0 N–H and O–H groups in total. The summed E-state index contributed by atoms with van der Waals surface area (Å²) in [5.74, 6) is 0. The van der Waals surface area contributed by atoms with Gasteiger partial charge in [0.25, 0.3) is 0 Å². The van der Waals surface area contributed by atoms with Gasteiger partial charge in [-0.05, 0) is 52.9 Å². The van der Waals surface area contributed by atoms with Crippen molar-refractivity contribution in [2.45, 2.75) is 48.9 Å². The number of rotatable bonds is 9. The zero-order valence-electron chi connectivity index (χ0n) is 21.7. The molecule has 0 bridgehead atoms. The van der Waals surface area contributed by atoms with Crippen LogP contribution in [0.25, 0.3) is 44.1 Å². The van der Waals surface area contributed by atoms with Crippen LogP contribution in [0.5, 0.6) is 0 Å². The minimum absolute atomic E-state index is 0.860. The minimum atomic E-state index is -1.06. The summed E-state index contributed by atoms with van der Waals surface area (Å²) in [4.78, 5) is 1.72. The number of hydrogen-bond acceptors (Lipinski definition) is 2. The summed E-state index contributed by atoms with van der Waals surface area (Å²) in [6, 6.07) is 29.2. The first-order valence-electron chi connectivity index (χ1n) is 12.9. The summed E-state index contributed by atoms with van der Waals surface area (Å²) in [6.07, 6.45) is 8.24. The van der Waals surface area contributed by atoms with Gasteiger partial charge in [0.15, 0.2) is 0 Å². The summed E-state index contributed by atoms with van der Waals surface area (Å²) >= 11 is 0. The van der Waals surface area contributed by atoms with E-state index in [9.17, 15) is 8.42 Å². The van der Waals surface area contributed by atoms with Crippen LogP contribution in [0.2, 0.25) is 0 Å². The molecular weight excluding hydrogens is 494 g/mol. The second-order valence-electron chi connectivity index (χ2n) is 9.58. The normalized spacial score (nSPS) is 13.3. The van der Waals surface area contributed by atoms with Crippen molar-refractivity contribution < 1.29 is 8.42 Å². The van der Waals surface area contributed by atoms with Crippen molar-refractivity contribution in [2.75, 3.05) is 12.5 Å². The molecule has 190 valence electrons. The number of nitrogens with zero attached hydrogens (tertiary/aromatic N) is 1. The minimum Gasteiger partial charge on any atom is -0.340 e. The molecule has 1 aromatic heterocycles. The lowest BCUT2D eigenvalue weighted by atomic mass is 10.0. The smallest absolute Gasteiger partial charge is 0.0504 e. The van der Waals surface area contributed by atoms with Gasteiger partial charge < -0.3 is 4.57 Å². The van der Waals surface area contributed by atoms with Crippen LogP contribution in [0, 0.1) is 0 Å². The summed E-state index contributed by atoms with van der Waals surface area (Å²) < 4.78 is 27.3. The van der Waals surface area contributed by atoms with E-state index >= 15 is 0 Å². The first-order chi connectivity index (χ1) is 18.0. The molecule has 0 spiro atoms. The Morgan fingerprint density at radius 3 is 1.57 bits per heavy atom. The summed E-state index contributed by atoms with van der Waals surface area (Å²) in [7, 11) is -2.13. The molecule has 4 aromatic carbocycles. The van der Waals surface area contributed by atoms with Gasteiger partial charge in [0.2, 0.25) is 0 Å². The number of hydrogen-bond donors (Lipinski definition) is 0. The molecule has 0 saturated heterocycles. The summed E-state index contributed by atoms with van der Waals surface area (Å²) in [6.45, 7) is 3.18. The standard InChI is InChI=1S/C32H33NO2S2/c1-4-5-6-11-20-33-29-21-23(25-12-7-9-14-31(25)36(2)34)16-18-27(29)28-19-17-24(22-30(28)33)26-13-8-10-15-32(26)37(3)35/h7-10,12-19,21-22H,4-6,11,20H2,1-3H3. The molecule has 0 aliphatic rings. The average Bonchev–Trinajstić information content (AvgIpc) is 3.23. The van der Waals surface area contributed by atoms with Crippen LogP contribution in [0.15, 0.2) is 94.7 Å². The van der Waals surface area contributed by atoms with E-state index in [1.54, 1.807) is 12.5 Å². The van der Waals surface area contributed by atoms with Gasteiger partial charge in [-0.3, -0.25) is 8.42 Å². The van der Waals surface area contributed by atoms with Gasteiger partial charge >= 0.3 is 0 Å². The van der Waals surface area contributed by atoms with Crippen molar-refractivity contribution in [3.8, 4) is 22.3 Å². The summed E-state index contributed by atoms with van der Waals surface area (Å²) in [5, 5.41) is 2.45. The highest BCUT2D eigenvalue weighted by molar-refractivity contribution is 7.84. The first kappa shape index (κ1) is 25.6. The molecular formula is C32H33NO2S2. The molecule has 37 heavy (non-hydrogen) atoms. The second kappa shape index (κ2) is 11.2. The third-order valence-electron chi connectivity index (χ3n) is 7.12. The number of aromatic nitrogens is 1. The molecule has 0 radical (unpaired) electrons. The van der Waals surface area contributed by atoms with Gasteiger partial charge in [-0.2, -0.15) is 0 Å². The number of fused-ring (bicyclic) bond motifs is 3. The Morgan fingerprint density at radius 2 is 1.11 bits per heavy atom. The van der Waals surface area contributed by atoms with Crippen molar-refractivity contribution in [2.24, 2.45) is 0 Å². The maximum atomic E-state index is 12.4. The molecule has 0 amide bonds. The predicted molar refractivity (Wildman–Crippen MR) is 159 cm³/mol. The van der Waals surface area contributed by atoms with Crippen LogP contribution in [0.3, 0.4) is 0 Å². The van der Waals surface area contributed by atoms with Crippen molar-refractivity contribution >= 4 is 43.4 Å². The molecule has 0 fully saturated rings. The second-order valence-corrected chi connectivity index (χ2v) is 12.3. The molecule has 3 nitrogen and oxygen atoms in total. The third-order valence-corrected chi connectivity index (χ3v) is 9.07. The Morgan fingerprint density at radius 1 is 0.622 bits per heavy atom. The largest absolute Gasteiger partial charge is 0.340 e. The van der Waals surface area contributed by atoms with Crippen molar-refractivity contribution in [1.82, 2.24) is 4.57 Å². The summed E-state index contributed by atoms with van der Waals surface area (Å²) in [5.41, 5.74) is 6.61. The zero-order valence-corrected chi connectivity index (χ0v) is 23.3. The van der Waals surface area contributed by atoms with E-state index in [1.165, 1.54) is 41.1 Å². The van der Waals surface area contributed by atoms with Crippen LogP contribution in [-0.4, -0.2) is 25.5 Å². The Kier molecular flexibility index (Phi) is 7.73. The maximum absolute atomic E-state index is 12.4. The fourth-order valence-electron chi connectivity index (χ4n) is 5.28. The SMILES string of the molecule is CCCCCCn1c2cc(-c3ccccc3S(C)=O)ccc2c2ccc(-c3ccccc3S(C)=O)cc21. The number of benzene rings is 4. The highest BCUT2D eigenvalue weighted by atomic mass is 32.2. The number of unbranched alkanes of at least 4 members (excludes halogenated alkanes) is 3. The lowest BCUT2D eigenvalue weighted by Crippen LogP contribution is -1.99. The molecule has 2 atom stereocenters. The lowest BCUT2D eigenvalue weighted by Gasteiger charge is -2.11. The molecule has 0 saturated carbocycles. The molecule has 5 aromatic rings. The van der Waals surface area contributed by atoms with E-state index in [2.05, 4.69) is 60.0 Å². The van der Waals surface area contributed by atoms with Gasteiger partial charge in [-0.25, -0.2) is 0 Å². The van der Waals surface area contributed by atoms with Gasteiger partial charge in [-0.1, -0.05) is 86.8 Å². The van der Waals surface area contributed by atoms with E-state index in [1.807, 2.05) is 36.4 Å². The molecule has 0 aliphatic heterocycles. The van der Waals surface area contributed by atoms with E-state index in [4.69, 9.17) is 0 Å². The van der Waals surface area contributed by atoms with Crippen LogP contribution in [-0.2, 0) is 28.1 Å². The fraction of sp³-hybridized carbons (Fsp3) is 0.250. The van der Waals surface area contributed by atoms with E-state index in [0.29, 0.717) is 0 Å². The van der Waals surface area contributed by atoms with Crippen molar-refractivity contribution in [1.29, 1.82) is 0 Å². The lowest BCUT2D eigenvalue weighted by molar-refractivity contribution is 0.602. The average molecular weight is 528 g/mol. The first-order valence-corrected chi connectivity index (χ1v) is 16.0. The monoisotopic (exact) mass is 527 g/mol. The Hall–Kier alpha value is -3.02. The van der Waals surface area contributed by atoms with Gasteiger partial charge in [-0.15, -0.1) is 0 Å². The van der Waals surface area contributed by atoms with E-state index in [0.717, 1.165) is 45.0 Å². The quantitative estimate of drug-likeness (QED) is 0.181. The zero-order chi connectivity index (χ0) is 25.9. The molecule has 1 heterocycles. The predicted octanol–water partition coefficient (Wildman–Crippen LogP) is 8.18. The van der Waals surface area contributed by atoms with E-state index in [-0.39, 0.29) is 0 Å². The maximum Gasteiger partial charge on any atom is 0.0504 e. The Bertz CT molecular complexity index is 1520. The van der Waals surface area contributed by atoms with E-state index < -0.39 is 21.6 Å². The Labute approximate surface area is 224 Å². The van der Waals surface area contributed by atoms with Crippen molar-refractivity contribution in [3.63, 3.8) is 0 Å². The number of aryl methyl sites for hydroxylation is 1. The third kappa shape index (κ3) is 5.07. The molecule has 2 unspecified atom stereocenters. The van der Waals surface area contributed by atoms with Crippen LogP contribution >= 0.6 is 0 Å². The highest BCUT2D eigenvalue weighted by Crippen LogP contribution is 2.37. The van der Waals surface area contributed by atoms with Crippen molar-refractivity contribution in [3.05, 3.63) is 84.9 Å². The Balaban J connectivity index is 1.71. The van der Waals surface area contributed by atoms with Gasteiger partial charge in [0, 0.05) is 50.7 Å².